The van der Waals surface area contributed by atoms with Gasteiger partial charge in [0.15, 0.2) is 0 Å². The number of rotatable bonds is 7. The Labute approximate surface area is 205 Å². The number of carbonyl (C=O) groups excluding carboxylic acids is 1. The zero-order chi connectivity index (χ0) is 23.9. The van der Waals surface area contributed by atoms with Crippen LogP contribution in [0.1, 0.15) is 24.9 Å². The fourth-order valence-electron chi connectivity index (χ4n) is 3.62. The largest absolute Gasteiger partial charge is 0.308 e. The van der Waals surface area contributed by atoms with Gasteiger partial charge in [0.05, 0.1) is 10.0 Å². The summed E-state index contributed by atoms with van der Waals surface area (Å²) in [5.74, 6) is -0.969. The van der Waals surface area contributed by atoms with Gasteiger partial charge < -0.3 is 9.80 Å². The smallest absolute Gasteiger partial charge is 0.250 e. The Morgan fingerprint density at radius 2 is 1.85 bits per heavy atom. The second-order valence-corrected chi connectivity index (χ2v) is 12.8. The third-order valence-corrected chi connectivity index (χ3v) is 10.2. The SMILES string of the molecule is CC(c1ccc(N2CCC(NS(=O)(=O)c3ccc(-c4ccc(Cl)s4)s3)C2=O)c(F)c1)N(C)C. The van der Waals surface area contributed by atoms with Gasteiger partial charge in [-0.15, -0.1) is 22.7 Å². The van der Waals surface area contributed by atoms with Crippen LogP contribution in [0.25, 0.3) is 9.75 Å². The van der Waals surface area contributed by atoms with Crippen LogP contribution in [0.5, 0.6) is 0 Å². The third-order valence-electron chi connectivity index (χ3n) is 5.68. The summed E-state index contributed by atoms with van der Waals surface area (Å²) in [6, 6.07) is 10.7. The topological polar surface area (TPSA) is 69.7 Å². The van der Waals surface area contributed by atoms with E-state index in [2.05, 4.69) is 4.72 Å². The lowest BCUT2D eigenvalue weighted by molar-refractivity contribution is -0.118. The van der Waals surface area contributed by atoms with Crippen LogP contribution >= 0.6 is 34.3 Å². The zero-order valence-electron chi connectivity index (χ0n) is 18.2. The predicted octanol–water partition coefficient (Wildman–Crippen LogP) is 4.98. The number of halogens is 2. The average Bonchev–Trinajstić information content (AvgIpc) is 3.49. The normalized spacial score (nSPS) is 17.8. The highest BCUT2D eigenvalue weighted by molar-refractivity contribution is 7.91. The Bertz CT molecular complexity index is 1290. The van der Waals surface area contributed by atoms with Crippen molar-refractivity contribution in [2.75, 3.05) is 25.5 Å². The van der Waals surface area contributed by atoms with Gasteiger partial charge in [0, 0.05) is 22.3 Å². The van der Waals surface area contributed by atoms with Crippen molar-refractivity contribution in [3.63, 3.8) is 0 Å². The number of hydrogen-bond donors (Lipinski definition) is 1. The molecule has 1 fully saturated rings. The maximum absolute atomic E-state index is 14.8. The molecule has 2 atom stereocenters. The first-order valence-corrected chi connectivity index (χ1v) is 13.7. The Kier molecular flexibility index (Phi) is 6.95. The van der Waals surface area contributed by atoms with Gasteiger partial charge in [-0.1, -0.05) is 17.7 Å². The van der Waals surface area contributed by atoms with Crippen molar-refractivity contribution >= 4 is 55.9 Å². The fourth-order valence-corrected chi connectivity index (χ4v) is 7.30. The number of hydrogen-bond acceptors (Lipinski definition) is 6. The molecule has 11 heteroatoms. The van der Waals surface area contributed by atoms with E-state index in [-0.39, 0.29) is 28.9 Å². The summed E-state index contributed by atoms with van der Waals surface area (Å²) < 4.78 is 43.9. The van der Waals surface area contributed by atoms with Crippen LogP contribution in [0.2, 0.25) is 4.34 Å². The molecule has 2 aromatic heterocycles. The quantitative estimate of drug-likeness (QED) is 0.470. The van der Waals surface area contributed by atoms with E-state index in [1.54, 1.807) is 24.3 Å². The number of sulfonamides is 1. The van der Waals surface area contributed by atoms with E-state index in [0.29, 0.717) is 4.34 Å². The lowest BCUT2D eigenvalue weighted by Gasteiger charge is -2.22. The van der Waals surface area contributed by atoms with Crippen LogP contribution in [0.3, 0.4) is 0 Å². The standard InChI is InChI=1S/C22H23ClFN3O3S3/c1-13(26(2)3)14-4-5-17(15(24)12-14)27-11-10-16(22(27)28)25-33(29,30)21-9-7-19(32-21)18-6-8-20(23)31-18/h4-9,12-13,16,25H,10-11H2,1-3H3. The second-order valence-electron chi connectivity index (χ2n) is 8.03. The van der Waals surface area contributed by atoms with Crippen molar-refractivity contribution in [2.45, 2.75) is 29.6 Å². The van der Waals surface area contributed by atoms with Crippen molar-refractivity contribution in [1.82, 2.24) is 9.62 Å². The summed E-state index contributed by atoms with van der Waals surface area (Å²) in [5, 5.41) is 0. The summed E-state index contributed by atoms with van der Waals surface area (Å²) in [4.78, 5) is 17.9. The van der Waals surface area contributed by atoms with Gasteiger partial charge in [0.1, 0.15) is 16.1 Å². The number of thiophene rings is 2. The summed E-state index contributed by atoms with van der Waals surface area (Å²) >= 11 is 8.44. The van der Waals surface area contributed by atoms with Crippen molar-refractivity contribution in [3.05, 3.63) is 58.2 Å². The molecule has 6 nitrogen and oxygen atoms in total. The van der Waals surface area contributed by atoms with Gasteiger partial charge in [0.25, 0.3) is 10.0 Å². The van der Waals surface area contributed by atoms with Crippen LogP contribution in [-0.4, -0.2) is 45.9 Å². The molecule has 0 aliphatic carbocycles. The molecule has 3 aromatic rings. The molecule has 0 bridgehead atoms. The van der Waals surface area contributed by atoms with Crippen LogP contribution in [-0.2, 0) is 14.8 Å². The molecule has 2 unspecified atom stereocenters. The van der Waals surface area contributed by atoms with Crippen molar-refractivity contribution in [1.29, 1.82) is 0 Å². The molecule has 1 aromatic carbocycles. The predicted molar refractivity (Wildman–Crippen MR) is 132 cm³/mol. The highest BCUT2D eigenvalue weighted by Crippen LogP contribution is 2.37. The Hall–Kier alpha value is -1.82. The van der Waals surface area contributed by atoms with E-state index in [9.17, 15) is 17.6 Å². The Balaban J connectivity index is 1.49. The minimum Gasteiger partial charge on any atom is -0.308 e. The average molecular weight is 528 g/mol. The molecule has 0 radical (unpaired) electrons. The molecule has 1 amide bonds. The van der Waals surface area contributed by atoms with Crippen LogP contribution in [0.4, 0.5) is 10.1 Å². The van der Waals surface area contributed by atoms with Gasteiger partial charge in [-0.25, -0.2) is 12.8 Å². The molecular weight excluding hydrogens is 505 g/mol. The summed E-state index contributed by atoms with van der Waals surface area (Å²) in [6.45, 7) is 2.19. The van der Waals surface area contributed by atoms with Gasteiger partial charge in [-0.3, -0.25) is 4.79 Å². The number of nitrogens with zero attached hydrogens (tertiary/aromatic N) is 2. The van der Waals surface area contributed by atoms with E-state index >= 15 is 0 Å². The fraction of sp³-hybridized carbons (Fsp3) is 0.318. The molecule has 3 heterocycles. The van der Waals surface area contributed by atoms with E-state index in [4.69, 9.17) is 11.6 Å². The first-order valence-electron chi connectivity index (χ1n) is 10.2. The summed E-state index contributed by atoms with van der Waals surface area (Å²) in [6.07, 6.45) is 0.256. The first kappa shape index (κ1) is 24.3. The van der Waals surface area contributed by atoms with Crippen LogP contribution < -0.4 is 9.62 Å². The first-order chi connectivity index (χ1) is 15.6. The van der Waals surface area contributed by atoms with E-state index in [1.807, 2.05) is 32.0 Å². The zero-order valence-corrected chi connectivity index (χ0v) is 21.4. The number of anilines is 1. The van der Waals surface area contributed by atoms with Crippen molar-refractivity contribution in [3.8, 4) is 9.75 Å². The molecule has 1 saturated heterocycles. The molecule has 176 valence electrons. The molecule has 1 N–H and O–H groups in total. The summed E-state index contributed by atoms with van der Waals surface area (Å²) in [5.41, 5.74) is 0.954. The lowest BCUT2D eigenvalue weighted by atomic mass is 10.1. The molecular formula is C22H23ClFN3O3S3. The van der Waals surface area contributed by atoms with E-state index in [0.717, 1.165) is 26.7 Å². The maximum atomic E-state index is 14.8. The molecule has 1 aliphatic heterocycles. The van der Waals surface area contributed by atoms with Crippen LogP contribution in [0, 0.1) is 5.82 Å². The van der Waals surface area contributed by atoms with Crippen molar-refractivity contribution < 1.29 is 17.6 Å². The highest BCUT2D eigenvalue weighted by atomic mass is 35.5. The number of nitrogens with one attached hydrogen (secondary N) is 1. The minimum absolute atomic E-state index is 0.0169. The molecule has 33 heavy (non-hydrogen) atoms. The van der Waals surface area contributed by atoms with Gasteiger partial charge >= 0.3 is 0 Å². The van der Waals surface area contributed by atoms with Gasteiger partial charge in [-0.2, -0.15) is 4.72 Å². The van der Waals surface area contributed by atoms with E-state index < -0.39 is 27.8 Å². The molecule has 1 aliphatic rings. The molecule has 4 rings (SSSR count). The molecule has 0 spiro atoms. The number of benzene rings is 1. The number of carbonyl (C=O) groups is 1. The Morgan fingerprint density at radius 3 is 2.48 bits per heavy atom. The van der Waals surface area contributed by atoms with Gasteiger partial charge in [0.2, 0.25) is 5.91 Å². The van der Waals surface area contributed by atoms with E-state index in [1.165, 1.54) is 28.4 Å². The second kappa shape index (κ2) is 9.44. The van der Waals surface area contributed by atoms with Crippen molar-refractivity contribution in [2.24, 2.45) is 0 Å². The lowest BCUT2D eigenvalue weighted by Crippen LogP contribution is -2.41. The molecule has 0 saturated carbocycles. The summed E-state index contributed by atoms with van der Waals surface area (Å²) in [7, 11) is -0.0947. The monoisotopic (exact) mass is 527 g/mol. The Morgan fingerprint density at radius 1 is 1.15 bits per heavy atom. The minimum atomic E-state index is -3.91. The highest BCUT2D eigenvalue weighted by Gasteiger charge is 2.37. The number of amides is 1. The third kappa shape index (κ3) is 5.01. The van der Waals surface area contributed by atoms with Crippen LogP contribution in [0.15, 0.2) is 46.7 Å². The van der Waals surface area contributed by atoms with Gasteiger partial charge in [-0.05, 0) is 69.4 Å². The maximum Gasteiger partial charge on any atom is 0.250 e.